The third-order valence-corrected chi connectivity index (χ3v) is 5.14. The summed E-state index contributed by atoms with van der Waals surface area (Å²) >= 11 is 1.65. The number of carbonyl (C=O) groups excluding carboxylic acids is 1. The molecule has 0 N–H and O–H groups in total. The molecule has 1 aliphatic rings. The van der Waals surface area contributed by atoms with Crippen LogP contribution in [0.1, 0.15) is 36.5 Å². The molecule has 106 valence electrons. The zero-order valence-corrected chi connectivity index (χ0v) is 12.8. The Balaban J connectivity index is 2.26. The van der Waals surface area contributed by atoms with Gasteiger partial charge in [0.1, 0.15) is 16.4 Å². The lowest BCUT2D eigenvalue weighted by atomic mass is 9.89. The average molecular weight is 290 g/mol. The molecule has 2 heterocycles. The van der Waals surface area contributed by atoms with Gasteiger partial charge in [0.25, 0.3) is 5.56 Å². The molecule has 0 saturated heterocycles. The van der Waals surface area contributed by atoms with Crippen molar-refractivity contribution in [2.45, 2.75) is 46.6 Å². The van der Waals surface area contributed by atoms with Gasteiger partial charge in [0.2, 0.25) is 0 Å². The number of carbonyl (C=O) groups is 1. The molecule has 0 aromatic carbocycles. The molecule has 0 amide bonds. The second kappa shape index (κ2) is 4.81. The van der Waals surface area contributed by atoms with E-state index in [0.29, 0.717) is 11.7 Å². The molecule has 0 radical (unpaired) electrons. The smallest absolute Gasteiger partial charge is 0.262 e. The van der Waals surface area contributed by atoms with E-state index in [2.05, 4.69) is 11.9 Å². The van der Waals surface area contributed by atoms with Crippen molar-refractivity contribution in [2.75, 3.05) is 0 Å². The Morgan fingerprint density at radius 2 is 2.25 bits per heavy atom. The van der Waals surface area contributed by atoms with Crippen LogP contribution in [0.5, 0.6) is 0 Å². The van der Waals surface area contributed by atoms with Crippen molar-refractivity contribution in [3.63, 3.8) is 0 Å². The molecule has 1 aliphatic carbocycles. The highest BCUT2D eigenvalue weighted by atomic mass is 32.1. The number of hydrogen-bond donors (Lipinski definition) is 0. The Bertz CT molecular complexity index is 757. The Labute approximate surface area is 121 Å². The van der Waals surface area contributed by atoms with Gasteiger partial charge in [-0.25, -0.2) is 4.98 Å². The van der Waals surface area contributed by atoms with Crippen LogP contribution >= 0.6 is 11.3 Å². The third kappa shape index (κ3) is 2.10. The monoisotopic (exact) mass is 290 g/mol. The predicted octanol–water partition coefficient (Wildman–Crippen LogP) is 2.48. The van der Waals surface area contributed by atoms with E-state index >= 15 is 0 Å². The van der Waals surface area contributed by atoms with Crippen molar-refractivity contribution in [3.8, 4) is 0 Å². The summed E-state index contributed by atoms with van der Waals surface area (Å²) in [7, 11) is 0. The Morgan fingerprint density at radius 3 is 2.95 bits per heavy atom. The summed E-state index contributed by atoms with van der Waals surface area (Å²) in [4.78, 5) is 30.7. The van der Waals surface area contributed by atoms with Crippen LogP contribution in [-0.2, 0) is 24.2 Å². The molecule has 0 unspecified atom stereocenters. The number of hydrogen-bond acceptors (Lipinski definition) is 4. The highest BCUT2D eigenvalue weighted by Crippen LogP contribution is 2.35. The van der Waals surface area contributed by atoms with Crippen LogP contribution in [0, 0.1) is 12.8 Å². The first-order valence-electron chi connectivity index (χ1n) is 6.98. The van der Waals surface area contributed by atoms with Gasteiger partial charge in [0.05, 0.1) is 11.9 Å². The predicted molar refractivity (Wildman–Crippen MR) is 80.5 cm³/mol. The standard InChI is InChI=1S/C15H18N2O2S/c1-8-4-5-11-12(6-8)20-14-13(11)15(19)17(7-9(2)18)10(3)16-14/h8H,4-7H2,1-3H3/t8-/m0/s1. The first-order chi connectivity index (χ1) is 9.47. The summed E-state index contributed by atoms with van der Waals surface area (Å²) in [5, 5.41) is 0.753. The van der Waals surface area contributed by atoms with E-state index < -0.39 is 0 Å². The zero-order valence-electron chi connectivity index (χ0n) is 12.0. The van der Waals surface area contributed by atoms with Crippen molar-refractivity contribution in [1.82, 2.24) is 9.55 Å². The fourth-order valence-electron chi connectivity index (χ4n) is 2.93. The van der Waals surface area contributed by atoms with E-state index in [1.165, 1.54) is 21.9 Å². The minimum absolute atomic E-state index is 0.0194. The number of Topliss-reactive ketones (excluding diaryl/α,β-unsaturated/α-hetero) is 1. The summed E-state index contributed by atoms with van der Waals surface area (Å²) in [6.45, 7) is 5.67. The van der Waals surface area contributed by atoms with Crippen LogP contribution in [0.25, 0.3) is 10.2 Å². The molecule has 3 rings (SSSR count). The topological polar surface area (TPSA) is 52.0 Å². The summed E-state index contributed by atoms with van der Waals surface area (Å²) in [5.41, 5.74) is 1.13. The third-order valence-electron chi connectivity index (χ3n) is 3.99. The molecular weight excluding hydrogens is 272 g/mol. The van der Waals surface area contributed by atoms with E-state index in [9.17, 15) is 9.59 Å². The average Bonchev–Trinajstić information content (AvgIpc) is 2.71. The van der Waals surface area contributed by atoms with E-state index in [1.807, 2.05) is 0 Å². The summed E-state index contributed by atoms with van der Waals surface area (Å²) in [5.74, 6) is 1.29. The summed E-state index contributed by atoms with van der Waals surface area (Å²) in [6, 6.07) is 0. The molecule has 0 fully saturated rings. The molecule has 20 heavy (non-hydrogen) atoms. The number of aryl methyl sites for hydroxylation is 2. The molecule has 2 aromatic heterocycles. The fourth-order valence-corrected chi connectivity index (χ4v) is 4.35. The molecule has 2 aromatic rings. The minimum Gasteiger partial charge on any atom is -0.298 e. The molecule has 4 nitrogen and oxygen atoms in total. The number of aromatic nitrogens is 2. The SMILES string of the molecule is CC(=O)Cn1c(C)nc2sc3c(c2c1=O)CC[C@H](C)C3. The molecule has 1 atom stereocenters. The van der Waals surface area contributed by atoms with Crippen LogP contribution < -0.4 is 5.56 Å². The Morgan fingerprint density at radius 1 is 1.50 bits per heavy atom. The summed E-state index contributed by atoms with van der Waals surface area (Å²) < 4.78 is 1.51. The van der Waals surface area contributed by atoms with Crippen molar-refractivity contribution in [1.29, 1.82) is 0 Å². The van der Waals surface area contributed by atoms with Gasteiger partial charge >= 0.3 is 0 Å². The quantitative estimate of drug-likeness (QED) is 0.854. The van der Waals surface area contributed by atoms with E-state index in [-0.39, 0.29) is 17.9 Å². The van der Waals surface area contributed by atoms with Gasteiger partial charge in [-0.05, 0) is 44.6 Å². The van der Waals surface area contributed by atoms with Gasteiger partial charge in [-0.15, -0.1) is 11.3 Å². The highest BCUT2D eigenvalue weighted by molar-refractivity contribution is 7.18. The lowest BCUT2D eigenvalue weighted by Crippen LogP contribution is -2.27. The fraction of sp³-hybridized carbons (Fsp3) is 0.533. The van der Waals surface area contributed by atoms with E-state index in [0.717, 1.165) is 29.5 Å². The molecule has 5 heteroatoms. The van der Waals surface area contributed by atoms with Gasteiger partial charge in [0, 0.05) is 4.88 Å². The molecular formula is C15H18N2O2S. The van der Waals surface area contributed by atoms with Crippen molar-refractivity contribution in [2.24, 2.45) is 5.92 Å². The number of ketones is 1. The van der Waals surface area contributed by atoms with Crippen LogP contribution in [0.2, 0.25) is 0 Å². The zero-order chi connectivity index (χ0) is 14.4. The van der Waals surface area contributed by atoms with Gasteiger partial charge < -0.3 is 0 Å². The van der Waals surface area contributed by atoms with Gasteiger partial charge in [-0.3, -0.25) is 14.2 Å². The molecule has 0 bridgehead atoms. The first-order valence-corrected chi connectivity index (χ1v) is 7.80. The maximum atomic E-state index is 12.7. The molecule has 0 saturated carbocycles. The van der Waals surface area contributed by atoms with Crippen molar-refractivity contribution in [3.05, 3.63) is 26.6 Å². The number of thiophene rings is 1. The maximum Gasteiger partial charge on any atom is 0.262 e. The van der Waals surface area contributed by atoms with Crippen LogP contribution in [0.3, 0.4) is 0 Å². The minimum atomic E-state index is -0.0465. The van der Waals surface area contributed by atoms with Gasteiger partial charge in [-0.2, -0.15) is 0 Å². The Hall–Kier alpha value is -1.49. The van der Waals surface area contributed by atoms with Crippen LogP contribution in [0.15, 0.2) is 4.79 Å². The Kier molecular flexibility index (Phi) is 3.24. The lowest BCUT2D eigenvalue weighted by Gasteiger charge is -2.17. The normalized spacial score (nSPS) is 18.2. The second-order valence-electron chi connectivity index (χ2n) is 5.78. The van der Waals surface area contributed by atoms with E-state index in [1.54, 1.807) is 18.3 Å². The number of nitrogens with zero attached hydrogens (tertiary/aromatic N) is 2. The van der Waals surface area contributed by atoms with E-state index in [4.69, 9.17) is 0 Å². The van der Waals surface area contributed by atoms with Gasteiger partial charge in [-0.1, -0.05) is 6.92 Å². The van der Waals surface area contributed by atoms with Crippen molar-refractivity contribution < 1.29 is 4.79 Å². The molecule has 0 spiro atoms. The first kappa shape index (κ1) is 13.5. The molecule has 0 aliphatic heterocycles. The lowest BCUT2D eigenvalue weighted by molar-refractivity contribution is -0.117. The van der Waals surface area contributed by atoms with Gasteiger partial charge in [0.15, 0.2) is 0 Å². The van der Waals surface area contributed by atoms with Crippen LogP contribution in [0.4, 0.5) is 0 Å². The second-order valence-corrected chi connectivity index (χ2v) is 6.87. The largest absolute Gasteiger partial charge is 0.298 e. The number of rotatable bonds is 2. The number of fused-ring (bicyclic) bond motifs is 3. The maximum absolute atomic E-state index is 12.7. The highest BCUT2D eigenvalue weighted by Gasteiger charge is 2.24. The van der Waals surface area contributed by atoms with Crippen LogP contribution in [-0.4, -0.2) is 15.3 Å². The summed E-state index contributed by atoms with van der Waals surface area (Å²) in [6.07, 6.45) is 3.12. The van der Waals surface area contributed by atoms with Crippen molar-refractivity contribution >= 4 is 27.3 Å².